The Hall–Kier alpha value is -0.900. The van der Waals surface area contributed by atoms with Crippen molar-refractivity contribution in [3.63, 3.8) is 0 Å². The Bertz CT molecular complexity index is 358. The molecule has 17 heavy (non-hydrogen) atoms. The van der Waals surface area contributed by atoms with Crippen LogP contribution in [0.25, 0.3) is 0 Å². The van der Waals surface area contributed by atoms with Crippen molar-refractivity contribution in [2.75, 3.05) is 13.1 Å². The van der Waals surface area contributed by atoms with Gasteiger partial charge in [0.15, 0.2) is 18.9 Å². The van der Waals surface area contributed by atoms with Gasteiger partial charge in [0.1, 0.15) is 0 Å². The van der Waals surface area contributed by atoms with Gasteiger partial charge >= 0.3 is 0 Å². The van der Waals surface area contributed by atoms with Gasteiger partial charge in [-0.1, -0.05) is 0 Å². The van der Waals surface area contributed by atoms with Crippen LogP contribution in [-0.2, 0) is 11.3 Å². The maximum Gasteiger partial charge on any atom is 0.228 e. The molecule has 0 aliphatic carbocycles. The third-order valence-corrected chi connectivity index (χ3v) is 3.10. The van der Waals surface area contributed by atoms with Gasteiger partial charge in [-0.15, -0.1) is 0 Å². The summed E-state index contributed by atoms with van der Waals surface area (Å²) in [5.74, 6) is 0.297. The van der Waals surface area contributed by atoms with Crippen molar-refractivity contribution in [3.05, 3.63) is 30.1 Å². The van der Waals surface area contributed by atoms with Crippen LogP contribution in [0.1, 0.15) is 24.8 Å². The average Bonchev–Trinajstić information content (AvgIpc) is 2.81. The van der Waals surface area contributed by atoms with E-state index in [1.165, 1.54) is 18.4 Å². The van der Waals surface area contributed by atoms with Crippen molar-refractivity contribution >= 4 is 5.91 Å². The Kier molecular flexibility index (Phi) is 5.62. The maximum atomic E-state index is 11.8. The molecule has 0 atom stereocenters. The number of hydrogen-bond donors (Lipinski definition) is 0. The van der Waals surface area contributed by atoms with Gasteiger partial charge in [-0.2, -0.15) is 0 Å². The van der Waals surface area contributed by atoms with Crippen LogP contribution < -0.4 is 21.5 Å². The van der Waals surface area contributed by atoms with Crippen molar-refractivity contribution in [3.8, 4) is 0 Å². The lowest BCUT2D eigenvalue weighted by atomic mass is 10.3. The minimum absolute atomic E-state index is 0. The second-order valence-corrected chi connectivity index (χ2v) is 4.45. The quantitative estimate of drug-likeness (QED) is 0.611. The minimum atomic E-state index is 0. The molecule has 1 fully saturated rings. The van der Waals surface area contributed by atoms with Crippen LogP contribution in [0.4, 0.5) is 0 Å². The van der Waals surface area contributed by atoms with Crippen molar-refractivity contribution in [1.29, 1.82) is 0 Å². The van der Waals surface area contributed by atoms with E-state index in [4.69, 9.17) is 0 Å². The Labute approximate surface area is 113 Å². The highest BCUT2D eigenvalue weighted by atomic mass is 79.9. The monoisotopic (exact) mass is 298 g/mol. The molecule has 1 amide bonds. The van der Waals surface area contributed by atoms with Gasteiger partial charge in [-0.05, 0) is 25.3 Å². The van der Waals surface area contributed by atoms with Gasteiger partial charge in [-0.25, -0.2) is 4.57 Å². The summed E-state index contributed by atoms with van der Waals surface area (Å²) in [5.41, 5.74) is 1.25. The van der Waals surface area contributed by atoms with E-state index in [-0.39, 0.29) is 17.0 Å². The molecule has 4 heteroatoms. The normalized spacial score (nSPS) is 14.5. The number of aryl methyl sites for hydroxylation is 2. The first-order valence-electron chi connectivity index (χ1n) is 5.99. The third kappa shape index (κ3) is 4.11. The second kappa shape index (κ2) is 6.74. The standard InChI is InChI=1S/C13H19N2O.BrH/c1-12-4-9-14(10-5-12)11-6-13(16)15-7-2-3-8-15;/h4-5,9-10H,2-3,6-8,11H2,1H3;1H/q+1;/p-1. The van der Waals surface area contributed by atoms with Gasteiger partial charge < -0.3 is 21.9 Å². The minimum Gasteiger partial charge on any atom is -1.00 e. The molecule has 1 aromatic heterocycles. The molecule has 0 unspecified atom stereocenters. The molecule has 0 spiro atoms. The Morgan fingerprint density at radius 2 is 1.88 bits per heavy atom. The average molecular weight is 299 g/mol. The number of hydrogen-bond acceptors (Lipinski definition) is 1. The number of pyridine rings is 1. The van der Waals surface area contributed by atoms with Crippen LogP contribution in [-0.4, -0.2) is 23.9 Å². The number of aromatic nitrogens is 1. The van der Waals surface area contributed by atoms with Crippen LogP contribution in [0.3, 0.4) is 0 Å². The maximum absolute atomic E-state index is 11.8. The molecule has 2 rings (SSSR count). The molecule has 0 N–H and O–H groups in total. The highest BCUT2D eigenvalue weighted by Crippen LogP contribution is 2.08. The topological polar surface area (TPSA) is 24.2 Å². The zero-order chi connectivity index (χ0) is 11.4. The summed E-state index contributed by atoms with van der Waals surface area (Å²) in [7, 11) is 0. The first kappa shape index (κ1) is 14.2. The van der Waals surface area contributed by atoms with E-state index >= 15 is 0 Å². The zero-order valence-electron chi connectivity index (χ0n) is 10.2. The predicted octanol–water partition coefficient (Wildman–Crippen LogP) is -1.70. The summed E-state index contributed by atoms with van der Waals surface area (Å²) in [6, 6.07) is 4.14. The molecule has 94 valence electrons. The lowest BCUT2D eigenvalue weighted by Crippen LogP contribution is -3.00. The molecule has 3 nitrogen and oxygen atoms in total. The fourth-order valence-electron chi connectivity index (χ4n) is 2.03. The van der Waals surface area contributed by atoms with E-state index in [1.807, 2.05) is 17.3 Å². The van der Waals surface area contributed by atoms with E-state index in [9.17, 15) is 4.79 Å². The summed E-state index contributed by atoms with van der Waals surface area (Å²) in [6.07, 6.45) is 7.03. The third-order valence-electron chi connectivity index (χ3n) is 3.10. The number of amides is 1. The number of nitrogens with zero attached hydrogens (tertiary/aromatic N) is 2. The molecule has 0 bridgehead atoms. The summed E-state index contributed by atoms with van der Waals surface area (Å²) in [6.45, 7) is 4.77. The number of carbonyl (C=O) groups is 1. The first-order valence-corrected chi connectivity index (χ1v) is 5.99. The van der Waals surface area contributed by atoms with Crippen LogP contribution >= 0.6 is 0 Å². The molecular formula is C13H19BrN2O. The summed E-state index contributed by atoms with van der Waals surface area (Å²) in [5, 5.41) is 0. The molecule has 2 heterocycles. The SMILES string of the molecule is Cc1cc[n+](CCC(=O)N2CCCC2)cc1.[Br-]. The van der Waals surface area contributed by atoms with Crippen molar-refractivity contribution in [2.45, 2.75) is 32.7 Å². The Morgan fingerprint density at radius 3 is 2.47 bits per heavy atom. The van der Waals surface area contributed by atoms with Crippen LogP contribution in [0.2, 0.25) is 0 Å². The second-order valence-electron chi connectivity index (χ2n) is 4.45. The summed E-state index contributed by atoms with van der Waals surface area (Å²) in [4.78, 5) is 13.8. The molecular weight excluding hydrogens is 280 g/mol. The summed E-state index contributed by atoms with van der Waals surface area (Å²) < 4.78 is 2.07. The van der Waals surface area contributed by atoms with Crippen molar-refractivity contribution < 1.29 is 26.3 Å². The number of halogens is 1. The van der Waals surface area contributed by atoms with E-state index in [0.717, 1.165) is 19.6 Å². The van der Waals surface area contributed by atoms with Gasteiger partial charge in [0, 0.05) is 25.2 Å². The van der Waals surface area contributed by atoms with E-state index < -0.39 is 0 Å². The van der Waals surface area contributed by atoms with Gasteiger partial charge in [-0.3, -0.25) is 4.79 Å². The summed E-state index contributed by atoms with van der Waals surface area (Å²) >= 11 is 0. The molecule has 1 aliphatic rings. The van der Waals surface area contributed by atoms with Crippen LogP contribution in [0.5, 0.6) is 0 Å². The van der Waals surface area contributed by atoms with Crippen molar-refractivity contribution in [2.24, 2.45) is 0 Å². The first-order chi connectivity index (χ1) is 7.75. The molecule has 1 saturated heterocycles. The largest absolute Gasteiger partial charge is 1.00 e. The van der Waals surface area contributed by atoms with Crippen LogP contribution in [0.15, 0.2) is 24.5 Å². The zero-order valence-corrected chi connectivity index (χ0v) is 11.8. The van der Waals surface area contributed by atoms with Gasteiger partial charge in [0.25, 0.3) is 0 Å². The fourth-order valence-corrected chi connectivity index (χ4v) is 2.03. The molecule has 0 radical (unpaired) electrons. The number of likely N-dealkylation sites (tertiary alicyclic amines) is 1. The van der Waals surface area contributed by atoms with Crippen molar-refractivity contribution in [1.82, 2.24) is 4.90 Å². The van der Waals surface area contributed by atoms with E-state index in [0.29, 0.717) is 12.3 Å². The van der Waals surface area contributed by atoms with Crippen LogP contribution in [0, 0.1) is 6.92 Å². The van der Waals surface area contributed by atoms with Gasteiger partial charge in [0.2, 0.25) is 5.91 Å². The molecule has 0 saturated carbocycles. The van der Waals surface area contributed by atoms with E-state index in [1.54, 1.807) is 0 Å². The predicted molar refractivity (Wildman–Crippen MR) is 61.8 cm³/mol. The molecule has 1 aromatic rings. The Balaban J connectivity index is 0.00000144. The Morgan fingerprint density at radius 1 is 1.29 bits per heavy atom. The lowest BCUT2D eigenvalue weighted by molar-refractivity contribution is -0.696. The molecule has 1 aliphatic heterocycles. The fraction of sp³-hybridized carbons (Fsp3) is 0.538. The number of rotatable bonds is 3. The van der Waals surface area contributed by atoms with E-state index in [2.05, 4.69) is 23.6 Å². The van der Waals surface area contributed by atoms with Gasteiger partial charge in [0.05, 0.1) is 6.42 Å². The smallest absolute Gasteiger partial charge is 0.228 e. The highest BCUT2D eigenvalue weighted by Gasteiger charge is 2.18. The molecule has 0 aromatic carbocycles. The lowest BCUT2D eigenvalue weighted by Gasteiger charge is -2.13. The number of carbonyl (C=O) groups excluding carboxylic acids is 1. The highest BCUT2D eigenvalue weighted by molar-refractivity contribution is 5.76.